The Morgan fingerprint density at radius 3 is 2.29 bits per heavy atom. The molecule has 102 valence electrons. The summed E-state index contributed by atoms with van der Waals surface area (Å²) in [4.78, 5) is 15.8. The Balaban J connectivity index is 0. The Bertz CT molecular complexity index is 208. The highest BCUT2D eigenvalue weighted by atomic mass is 32.2. The Labute approximate surface area is 110 Å². The van der Waals surface area contributed by atoms with Crippen molar-refractivity contribution >= 4 is 23.3 Å². The lowest BCUT2D eigenvalue weighted by Crippen LogP contribution is -2.29. The molecule has 0 aromatic rings. The first-order valence-corrected chi connectivity index (χ1v) is 7.10. The molecule has 0 aliphatic carbocycles. The number of carbonyl (C=O) groups excluding carboxylic acids is 1. The van der Waals surface area contributed by atoms with Gasteiger partial charge in [0.05, 0.1) is 0 Å². The van der Waals surface area contributed by atoms with E-state index in [0.717, 1.165) is 0 Å². The first kappa shape index (κ1) is 18.6. The second-order valence-electron chi connectivity index (χ2n) is 3.57. The first-order chi connectivity index (χ1) is 8.11. The van der Waals surface area contributed by atoms with E-state index in [-0.39, 0.29) is 6.04 Å². The fraction of sp³-hybridized carbons (Fsp3) is 0.833. The molecular formula is C12H27N3OS. The van der Waals surface area contributed by atoms with Crippen molar-refractivity contribution in [3.05, 3.63) is 0 Å². The summed E-state index contributed by atoms with van der Waals surface area (Å²) in [6.45, 7) is 8.99. The van der Waals surface area contributed by atoms with Gasteiger partial charge < -0.3 is 10.2 Å². The fourth-order valence-electron chi connectivity index (χ4n) is 1.04. The van der Waals surface area contributed by atoms with Gasteiger partial charge in [-0.15, -0.1) is 0 Å². The average Bonchev–Trinajstić information content (AvgIpc) is 2.33. The van der Waals surface area contributed by atoms with E-state index in [9.17, 15) is 4.79 Å². The van der Waals surface area contributed by atoms with Crippen LogP contribution in [0.15, 0.2) is 4.99 Å². The third-order valence-electron chi connectivity index (χ3n) is 1.79. The van der Waals surface area contributed by atoms with E-state index in [2.05, 4.69) is 22.3 Å². The zero-order valence-electron chi connectivity index (χ0n) is 12.0. The van der Waals surface area contributed by atoms with Crippen LogP contribution in [0.1, 0.15) is 34.1 Å². The topological polar surface area (TPSA) is 44.7 Å². The van der Waals surface area contributed by atoms with Gasteiger partial charge in [0.2, 0.25) is 6.41 Å². The summed E-state index contributed by atoms with van der Waals surface area (Å²) in [7, 11) is 3.94. The van der Waals surface area contributed by atoms with E-state index in [4.69, 9.17) is 0 Å². The fourth-order valence-corrected chi connectivity index (χ4v) is 1.94. The molecule has 0 atom stereocenters. The number of carbonyl (C=O) groups is 1. The van der Waals surface area contributed by atoms with Crippen molar-refractivity contribution in [3.8, 4) is 0 Å². The van der Waals surface area contributed by atoms with Gasteiger partial charge in [-0.3, -0.25) is 9.79 Å². The molecule has 1 saturated heterocycles. The Hall–Kier alpha value is -0.710. The number of amidine groups is 1. The molecule has 0 aromatic heterocycles. The monoisotopic (exact) mass is 261 g/mol. The van der Waals surface area contributed by atoms with E-state index in [0.29, 0.717) is 6.41 Å². The Morgan fingerprint density at radius 2 is 2.06 bits per heavy atom. The highest BCUT2D eigenvalue weighted by Crippen LogP contribution is 2.14. The molecule has 0 bridgehead atoms. The van der Waals surface area contributed by atoms with Gasteiger partial charge in [0.25, 0.3) is 0 Å². The first-order valence-electron chi connectivity index (χ1n) is 6.12. The standard InChI is InChI=1S/C6H12N2S.C4H9NO.C2H6/c1-7-6-8(2)4-3-5-9-6;1-4(2)5-3-6;1-2/h3-5H2,1-2H3;3-4H,1-2H3,(H,5,6);1-2H3. The number of hydrogen-bond donors (Lipinski definition) is 1. The zero-order valence-corrected chi connectivity index (χ0v) is 12.8. The van der Waals surface area contributed by atoms with Crippen molar-refractivity contribution in [2.75, 3.05) is 26.4 Å². The maximum atomic E-state index is 9.50. The lowest BCUT2D eigenvalue weighted by Gasteiger charge is -2.24. The van der Waals surface area contributed by atoms with E-state index in [1.165, 1.54) is 23.9 Å². The molecule has 1 N–H and O–H groups in total. The zero-order chi connectivity index (χ0) is 13.7. The van der Waals surface area contributed by atoms with Crippen LogP contribution in [0.2, 0.25) is 0 Å². The number of thioether (sulfide) groups is 1. The molecule has 0 radical (unpaired) electrons. The maximum Gasteiger partial charge on any atom is 0.207 e. The van der Waals surface area contributed by atoms with Crippen LogP contribution in [0.4, 0.5) is 0 Å². The summed E-state index contributed by atoms with van der Waals surface area (Å²) >= 11 is 1.85. The summed E-state index contributed by atoms with van der Waals surface area (Å²) in [6.07, 6.45) is 1.99. The molecule has 1 rings (SSSR count). The predicted octanol–water partition coefficient (Wildman–Crippen LogP) is 2.21. The van der Waals surface area contributed by atoms with E-state index >= 15 is 0 Å². The van der Waals surface area contributed by atoms with Crippen LogP contribution >= 0.6 is 11.8 Å². The van der Waals surface area contributed by atoms with Crippen LogP contribution in [0, 0.1) is 0 Å². The molecule has 1 amide bonds. The summed E-state index contributed by atoms with van der Waals surface area (Å²) in [5, 5.41) is 3.71. The number of rotatable bonds is 2. The third-order valence-corrected chi connectivity index (χ3v) is 3.03. The van der Waals surface area contributed by atoms with Gasteiger partial charge >= 0.3 is 0 Å². The quantitative estimate of drug-likeness (QED) is 0.775. The molecular weight excluding hydrogens is 234 g/mol. The second-order valence-corrected chi connectivity index (χ2v) is 4.63. The molecule has 1 fully saturated rings. The van der Waals surface area contributed by atoms with Gasteiger partial charge in [0.1, 0.15) is 0 Å². The van der Waals surface area contributed by atoms with Crippen LogP contribution < -0.4 is 5.32 Å². The summed E-state index contributed by atoms with van der Waals surface area (Å²) in [6, 6.07) is 0.280. The summed E-state index contributed by atoms with van der Waals surface area (Å²) < 4.78 is 0. The van der Waals surface area contributed by atoms with Gasteiger partial charge in [-0.25, -0.2) is 0 Å². The smallest absolute Gasteiger partial charge is 0.207 e. The predicted molar refractivity (Wildman–Crippen MR) is 78.7 cm³/mol. The van der Waals surface area contributed by atoms with Crippen molar-refractivity contribution in [1.29, 1.82) is 0 Å². The van der Waals surface area contributed by atoms with E-state index < -0.39 is 0 Å². The minimum absolute atomic E-state index is 0.280. The maximum absolute atomic E-state index is 9.50. The van der Waals surface area contributed by atoms with Gasteiger partial charge in [0, 0.05) is 32.4 Å². The molecule has 0 saturated carbocycles. The molecule has 0 aromatic carbocycles. The highest BCUT2D eigenvalue weighted by molar-refractivity contribution is 8.13. The summed E-state index contributed by atoms with van der Waals surface area (Å²) in [5.74, 6) is 1.23. The largest absolute Gasteiger partial charge is 0.357 e. The van der Waals surface area contributed by atoms with Crippen LogP contribution in [0.3, 0.4) is 0 Å². The third kappa shape index (κ3) is 11.6. The Morgan fingerprint density at radius 1 is 1.47 bits per heavy atom. The van der Waals surface area contributed by atoms with E-state index in [1.807, 2.05) is 46.5 Å². The number of hydrogen-bond acceptors (Lipinski definition) is 3. The van der Waals surface area contributed by atoms with Gasteiger partial charge in [-0.1, -0.05) is 25.6 Å². The van der Waals surface area contributed by atoms with Gasteiger partial charge in [-0.05, 0) is 20.3 Å². The van der Waals surface area contributed by atoms with Crippen molar-refractivity contribution < 1.29 is 4.79 Å². The lowest BCUT2D eigenvalue weighted by atomic mass is 10.4. The van der Waals surface area contributed by atoms with Crippen molar-refractivity contribution in [1.82, 2.24) is 10.2 Å². The molecule has 0 unspecified atom stereocenters. The van der Waals surface area contributed by atoms with Gasteiger partial charge in [0.15, 0.2) is 5.17 Å². The second kappa shape index (κ2) is 13.4. The molecule has 0 spiro atoms. The average molecular weight is 261 g/mol. The van der Waals surface area contributed by atoms with Crippen molar-refractivity contribution in [2.24, 2.45) is 4.99 Å². The number of aliphatic imine (C=N–C) groups is 1. The molecule has 4 nitrogen and oxygen atoms in total. The molecule has 1 heterocycles. The molecule has 17 heavy (non-hydrogen) atoms. The normalized spacial score (nSPS) is 16.6. The van der Waals surface area contributed by atoms with Crippen molar-refractivity contribution in [3.63, 3.8) is 0 Å². The Kier molecular flexibility index (Phi) is 14.7. The van der Waals surface area contributed by atoms with Crippen LogP contribution in [0.5, 0.6) is 0 Å². The lowest BCUT2D eigenvalue weighted by molar-refractivity contribution is -0.109. The van der Waals surface area contributed by atoms with Crippen LogP contribution in [-0.4, -0.2) is 48.9 Å². The minimum atomic E-state index is 0.280. The highest BCUT2D eigenvalue weighted by Gasteiger charge is 2.10. The number of nitrogens with zero attached hydrogens (tertiary/aromatic N) is 2. The molecule has 1 aliphatic heterocycles. The summed E-state index contributed by atoms with van der Waals surface area (Å²) in [5.41, 5.74) is 0. The number of nitrogens with one attached hydrogen (secondary N) is 1. The molecule has 1 aliphatic rings. The van der Waals surface area contributed by atoms with E-state index in [1.54, 1.807) is 0 Å². The van der Waals surface area contributed by atoms with Crippen LogP contribution in [-0.2, 0) is 4.79 Å². The SMILES string of the molecule is CC.CC(C)NC=O.CN=C1SCCCN1C. The van der Waals surface area contributed by atoms with Crippen LogP contribution in [0.25, 0.3) is 0 Å². The van der Waals surface area contributed by atoms with Crippen molar-refractivity contribution in [2.45, 2.75) is 40.2 Å². The van der Waals surface area contributed by atoms with Gasteiger partial charge in [-0.2, -0.15) is 0 Å². The molecule has 5 heteroatoms. The minimum Gasteiger partial charge on any atom is -0.357 e. The number of amides is 1.